The van der Waals surface area contributed by atoms with Crippen molar-refractivity contribution in [3.8, 4) is 0 Å². The van der Waals surface area contributed by atoms with Crippen molar-refractivity contribution in [1.29, 1.82) is 0 Å². The van der Waals surface area contributed by atoms with Gasteiger partial charge in [0.2, 0.25) is 5.91 Å². The molecule has 2 aromatic carbocycles. The SMILES string of the molecule is Cc1ccc(NC(=O)CCNCCc2c[nH]c3ccccc23)cc1. The van der Waals surface area contributed by atoms with Gasteiger partial charge in [0.15, 0.2) is 0 Å². The number of rotatable bonds is 7. The summed E-state index contributed by atoms with van der Waals surface area (Å²) in [5, 5.41) is 7.53. The van der Waals surface area contributed by atoms with Gasteiger partial charge in [-0.2, -0.15) is 0 Å². The number of anilines is 1. The number of hydrogen-bond donors (Lipinski definition) is 3. The molecule has 0 spiro atoms. The minimum atomic E-state index is 0.0402. The smallest absolute Gasteiger partial charge is 0.225 e. The van der Waals surface area contributed by atoms with E-state index in [1.54, 1.807) is 0 Å². The molecule has 0 atom stereocenters. The maximum Gasteiger partial charge on any atom is 0.225 e. The molecular formula is C20H23N3O. The van der Waals surface area contributed by atoms with E-state index in [0.717, 1.165) is 18.7 Å². The van der Waals surface area contributed by atoms with Gasteiger partial charge >= 0.3 is 0 Å². The predicted octanol–water partition coefficient (Wildman–Crippen LogP) is 3.64. The molecule has 0 radical (unpaired) electrons. The monoisotopic (exact) mass is 321 g/mol. The number of aromatic nitrogens is 1. The number of H-pyrrole nitrogens is 1. The lowest BCUT2D eigenvalue weighted by atomic mass is 10.1. The van der Waals surface area contributed by atoms with E-state index in [2.05, 4.69) is 40.0 Å². The minimum absolute atomic E-state index is 0.0402. The van der Waals surface area contributed by atoms with E-state index in [1.165, 1.54) is 22.0 Å². The van der Waals surface area contributed by atoms with Crippen molar-refractivity contribution >= 4 is 22.5 Å². The van der Waals surface area contributed by atoms with Crippen LogP contribution in [0.5, 0.6) is 0 Å². The van der Waals surface area contributed by atoms with Gasteiger partial charge in [0, 0.05) is 35.8 Å². The topological polar surface area (TPSA) is 56.9 Å². The van der Waals surface area contributed by atoms with E-state index in [4.69, 9.17) is 0 Å². The summed E-state index contributed by atoms with van der Waals surface area (Å²) in [5.74, 6) is 0.0402. The maximum atomic E-state index is 11.9. The number of hydrogen-bond acceptors (Lipinski definition) is 2. The number of aromatic amines is 1. The summed E-state index contributed by atoms with van der Waals surface area (Å²) in [6.07, 6.45) is 3.49. The molecule has 0 bridgehead atoms. The molecule has 1 amide bonds. The van der Waals surface area contributed by atoms with Crippen LogP contribution in [0, 0.1) is 6.92 Å². The molecule has 1 heterocycles. The molecule has 0 aliphatic rings. The van der Waals surface area contributed by atoms with Crippen LogP contribution >= 0.6 is 0 Å². The van der Waals surface area contributed by atoms with Crippen LogP contribution in [0.25, 0.3) is 10.9 Å². The van der Waals surface area contributed by atoms with Gasteiger partial charge in [-0.15, -0.1) is 0 Å². The molecule has 3 aromatic rings. The lowest BCUT2D eigenvalue weighted by Crippen LogP contribution is -2.23. The van der Waals surface area contributed by atoms with Crippen LogP contribution < -0.4 is 10.6 Å². The van der Waals surface area contributed by atoms with Crippen molar-refractivity contribution in [1.82, 2.24) is 10.3 Å². The third kappa shape index (κ3) is 4.24. The first-order chi connectivity index (χ1) is 11.7. The molecule has 4 heteroatoms. The van der Waals surface area contributed by atoms with Crippen molar-refractivity contribution in [3.05, 3.63) is 65.9 Å². The molecular weight excluding hydrogens is 298 g/mol. The number of benzene rings is 2. The standard InChI is InChI=1S/C20H23N3O/c1-15-6-8-17(9-7-15)23-20(24)11-13-21-12-10-16-14-22-19-5-3-2-4-18(16)19/h2-9,14,21-22H,10-13H2,1H3,(H,23,24). The first-order valence-corrected chi connectivity index (χ1v) is 8.34. The van der Waals surface area contributed by atoms with E-state index in [0.29, 0.717) is 13.0 Å². The summed E-state index contributed by atoms with van der Waals surface area (Å²) >= 11 is 0. The van der Waals surface area contributed by atoms with E-state index in [9.17, 15) is 4.79 Å². The van der Waals surface area contributed by atoms with Crippen LogP contribution in [0.3, 0.4) is 0 Å². The molecule has 4 nitrogen and oxygen atoms in total. The van der Waals surface area contributed by atoms with E-state index >= 15 is 0 Å². The Morgan fingerprint density at radius 3 is 2.67 bits per heavy atom. The van der Waals surface area contributed by atoms with Gasteiger partial charge < -0.3 is 15.6 Å². The average molecular weight is 321 g/mol. The third-order valence-electron chi connectivity index (χ3n) is 4.11. The van der Waals surface area contributed by atoms with Crippen molar-refractivity contribution in [2.45, 2.75) is 19.8 Å². The normalized spacial score (nSPS) is 10.9. The molecule has 3 N–H and O–H groups in total. The summed E-state index contributed by atoms with van der Waals surface area (Å²) in [6.45, 7) is 3.57. The fourth-order valence-electron chi connectivity index (χ4n) is 2.75. The molecule has 0 saturated carbocycles. The number of para-hydroxylation sites is 1. The summed E-state index contributed by atoms with van der Waals surface area (Å²) in [5.41, 5.74) is 4.52. The molecule has 24 heavy (non-hydrogen) atoms. The van der Waals surface area contributed by atoms with E-state index in [1.807, 2.05) is 37.3 Å². The fourth-order valence-corrected chi connectivity index (χ4v) is 2.75. The van der Waals surface area contributed by atoms with Crippen molar-refractivity contribution < 1.29 is 4.79 Å². The van der Waals surface area contributed by atoms with Crippen molar-refractivity contribution in [3.63, 3.8) is 0 Å². The second-order valence-electron chi connectivity index (χ2n) is 6.02. The van der Waals surface area contributed by atoms with Crippen LogP contribution in [0.1, 0.15) is 17.5 Å². The number of amides is 1. The van der Waals surface area contributed by atoms with Gasteiger partial charge in [0.25, 0.3) is 0 Å². The number of aryl methyl sites for hydroxylation is 1. The lowest BCUT2D eigenvalue weighted by molar-refractivity contribution is -0.116. The third-order valence-corrected chi connectivity index (χ3v) is 4.11. The zero-order valence-electron chi connectivity index (χ0n) is 13.9. The molecule has 0 unspecified atom stereocenters. The highest BCUT2D eigenvalue weighted by Gasteiger charge is 2.04. The summed E-state index contributed by atoms with van der Waals surface area (Å²) in [7, 11) is 0. The number of carbonyl (C=O) groups excluding carboxylic acids is 1. The highest BCUT2D eigenvalue weighted by Crippen LogP contribution is 2.17. The van der Waals surface area contributed by atoms with Crippen LogP contribution in [0.15, 0.2) is 54.7 Å². The molecule has 3 rings (SSSR count). The highest BCUT2D eigenvalue weighted by atomic mass is 16.1. The minimum Gasteiger partial charge on any atom is -0.361 e. The van der Waals surface area contributed by atoms with E-state index < -0.39 is 0 Å². The highest BCUT2D eigenvalue weighted by molar-refractivity contribution is 5.90. The molecule has 0 aliphatic carbocycles. The van der Waals surface area contributed by atoms with Crippen molar-refractivity contribution in [2.24, 2.45) is 0 Å². The van der Waals surface area contributed by atoms with Crippen LogP contribution in [-0.2, 0) is 11.2 Å². The first kappa shape index (κ1) is 16.3. The molecule has 0 fully saturated rings. The summed E-state index contributed by atoms with van der Waals surface area (Å²) in [6, 6.07) is 16.2. The number of fused-ring (bicyclic) bond motifs is 1. The second kappa shape index (κ2) is 7.79. The van der Waals surface area contributed by atoms with E-state index in [-0.39, 0.29) is 5.91 Å². The Labute approximate surface area is 142 Å². The maximum absolute atomic E-state index is 11.9. The fraction of sp³-hybridized carbons (Fsp3) is 0.250. The quantitative estimate of drug-likeness (QED) is 0.582. The van der Waals surface area contributed by atoms with Crippen molar-refractivity contribution in [2.75, 3.05) is 18.4 Å². The van der Waals surface area contributed by atoms with Gasteiger partial charge in [0.1, 0.15) is 0 Å². The van der Waals surface area contributed by atoms with Crippen LogP contribution in [0.4, 0.5) is 5.69 Å². The molecule has 124 valence electrons. The average Bonchev–Trinajstić information content (AvgIpc) is 3.00. The Morgan fingerprint density at radius 2 is 1.83 bits per heavy atom. The van der Waals surface area contributed by atoms with Crippen LogP contribution in [0.2, 0.25) is 0 Å². The molecule has 0 saturated heterocycles. The van der Waals surface area contributed by atoms with Gasteiger partial charge in [-0.05, 0) is 43.7 Å². The Bertz CT molecular complexity index is 805. The Morgan fingerprint density at radius 1 is 1.04 bits per heavy atom. The van der Waals surface area contributed by atoms with Gasteiger partial charge in [0.05, 0.1) is 0 Å². The second-order valence-corrected chi connectivity index (χ2v) is 6.02. The molecule has 0 aliphatic heterocycles. The Hall–Kier alpha value is -2.59. The molecule has 1 aromatic heterocycles. The Kier molecular flexibility index (Phi) is 5.29. The van der Waals surface area contributed by atoms with Gasteiger partial charge in [-0.1, -0.05) is 35.9 Å². The van der Waals surface area contributed by atoms with Crippen LogP contribution in [-0.4, -0.2) is 24.0 Å². The predicted molar refractivity (Wildman–Crippen MR) is 99.3 cm³/mol. The number of carbonyl (C=O) groups is 1. The summed E-state index contributed by atoms with van der Waals surface area (Å²) < 4.78 is 0. The lowest BCUT2D eigenvalue weighted by Gasteiger charge is -2.07. The first-order valence-electron chi connectivity index (χ1n) is 8.34. The number of nitrogens with one attached hydrogen (secondary N) is 3. The van der Waals surface area contributed by atoms with Gasteiger partial charge in [-0.3, -0.25) is 4.79 Å². The zero-order chi connectivity index (χ0) is 16.8. The summed E-state index contributed by atoms with van der Waals surface area (Å²) in [4.78, 5) is 15.2. The van der Waals surface area contributed by atoms with Gasteiger partial charge in [-0.25, -0.2) is 0 Å². The Balaban J connectivity index is 1.38. The zero-order valence-corrected chi connectivity index (χ0v) is 13.9. The largest absolute Gasteiger partial charge is 0.361 e.